The number of hydrogen-bond acceptors (Lipinski definition) is 2. The standard InChI is InChI=1S/C19H28O2/c1-2-8-16(9-3-1)10-4-5-11-17-12-6-7-13-18(17)19-20-14-15-21-19/h6-7,12-13,16,19H,1-5,8-11,14-15H2. The summed E-state index contributed by atoms with van der Waals surface area (Å²) < 4.78 is 11.3. The smallest absolute Gasteiger partial charge is 0.184 e. The molecule has 3 rings (SSSR count). The van der Waals surface area contributed by atoms with Gasteiger partial charge < -0.3 is 9.47 Å². The Balaban J connectivity index is 1.46. The molecule has 2 heteroatoms. The van der Waals surface area contributed by atoms with Gasteiger partial charge in [-0.15, -0.1) is 0 Å². The first-order valence-electron chi connectivity index (χ1n) is 8.74. The lowest BCUT2D eigenvalue weighted by atomic mass is 9.85. The first-order chi connectivity index (χ1) is 10.4. The molecule has 116 valence electrons. The summed E-state index contributed by atoms with van der Waals surface area (Å²) in [5.74, 6) is 1.01. The summed E-state index contributed by atoms with van der Waals surface area (Å²) in [4.78, 5) is 0. The third kappa shape index (κ3) is 4.31. The Hall–Kier alpha value is -0.860. The molecule has 2 nitrogen and oxygen atoms in total. The maximum atomic E-state index is 5.66. The minimum atomic E-state index is -0.125. The monoisotopic (exact) mass is 288 g/mol. The van der Waals surface area contributed by atoms with E-state index < -0.39 is 0 Å². The molecule has 0 radical (unpaired) electrons. The Bertz CT molecular complexity index is 417. The van der Waals surface area contributed by atoms with E-state index in [0.717, 1.165) is 25.6 Å². The maximum absolute atomic E-state index is 5.66. The van der Waals surface area contributed by atoms with E-state index in [-0.39, 0.29) is 6.29 Å². The SMILES string of the molecule is c1ccc(C2OCCO2)c(CCCCC2CCCCC2)c1. The molecule has 1 heterocycles. The number of benzene rings is 1. The summed E-state index contributed by atoms with van der Waals surface area (Å²) >= 11 is 0. The molecule has 21 heavy (non-hydrogen) atoms. The van der Waals surface area contributed by atoms with Crippen molar-refractivity contribution < 1.29 is 9.47 Å². The molecule has 0 atom stereocenters. The molecule has 0 aromatic heterocycles. The molecule has 0 N–H and O–H groups in total. The molecule has 1 saturated carbocycles. The molecule has 1 aromatic carbocycles. The number of hydrogen-bond donors (Lipinski definition) is 0. The lowest BCUT2D eigenvalue weighted by Crippen LogP contribution is -2.06. The van der Waals surface area contributed by atoms with Crippen molar-refractivity contribution in [1.29, 1.82) is 0 Å². The van der Waals surface area contributed by atoms with Crippen LogP contribution >= 0.6 is 0 Å². The van der Waals surface area contributed by atoms with E-state index in [9.17, 15) is 0 Å². The van der Waals surface area contributed by atoms with Gasteiger partial charge in [0.15, 0.2) is 6.29 Å². The van der Waals surface area contributed by atoms with Crippen LogP contribution in [0.4, 0.5) is 0 Å². The summed E-state index contributed by atoms with van der Waals surface area (Å²) in [5.41, 5.74) is 2.65. The molecule has 1 aliphatic heterocycles. The molecule has 0 spiro atoms. The number of unbranched alkanes of at least 4 members (excludes halogenated alkanes) is 1. The largest absolute Gasteiger partial charge is 0.346 e. The van der Waals surface area contributed by atoms with Crippen molar-refractivity contribution in [1.82, 2.24) is 0 Å². The van der Waals surface area contributed by atoms with Crippen molar-refractivity contribution in [3.05, 3.63) is 35.4 Å². The van der Waals surface area contributed by atoms with Gasteiger partial charge in [-0.2, -0.15) is 0 Å². The second-order valence-corrected chi connectivity index (χ2v) is 6.52. The molecular formula is C19H28O2. The zero-order chi connectivity index (χ0) is 14.3. The highest BCUT2D eigenvalue weighted by Gasteiger charge is 2.20. The molecular weight excluding hydrogens is 260 g/mol. The molecule has 1 aromatic rings. The number of rotatable bonds is 6. The molecule has 0 amide bonds. The van der Waals surface area contributed by atoms with E-state index in [2.05, 4.69) is 24.3 Å². The zero-order valence-corrected chi connectivity index (χ0v) is 13.1. The van der Waals surface area contributed by atoms with Crippen LogP contribution < -0.4 is 0 Å². The summed E-state index contributed by atoms with van der Waals surface area (Å²) in [5, 5.41) is 0. The highest BCUT2D eigenvalue weighted by molar-refractivity contribution is 5.28. The Kier molecular flexibility index (Phi) is 5.70. The van der Waals surface area contributed by atoms with E-state index in [0.29, 0.717) is 0 Å². The lowest BCUT2D eigenvalue weighted by molar-refractivity contribution is -0.0447. The average molecular weight is 288 g/mol. The Morgan fingerprint density at radius 3 is 2.48 bits per heavy atom. The first kappa shape index (κ1) is 15.1. The number of ether oxygens (including phenoxy) is 2. The van der Waals surface area contributed by atoms with E-state index in [1.54, 1.807) is 0 Å². The van der Waals surface area contributed by atoms with Crippen LogP contribution in [0.1, 0.15) is 68.8 Å². The van der Waals surface area contributed by atoms with Crippen molar-refractivity contribution in [3.63, 3.8) is 0 Å². The van der Waals surface area contributed by atoms with Crippen molar-refractivity contribution >= 4 is 0 Å². The molecule has 1 aliphatic carbocycles. The van der Waals surface area contributed by atoms with Gasteiger partial charge >= 0.3 is 0 Å². The second-order valence-electron chi connectivity index (χ2n) is 6.52. The van der Waals surface area contributed by atoms with Crippen LogP contribution in [0.2, 0.25) is 0 Å². The van der Waals surface area contributed by atoms with Gasteiger partial charge in [-0.1, -0.05) is 69.2 Å². The molecule has 1 saturated heterocycles. The van der Waals surface area contributed by atoms with Crippen LogP contribution in [0.25, 0.3) is 0 Å². The van der Waals surface area contributed by atoms with Crippen molar-refractivity contribution in [3.8, 4) is 0 Å². The van der Waals surface area contributed by atoms with Gasteiger partial charge in [-0.25, -0.2) is 0 Å². The fourth-order valence-electron chi connectivity index (χ4n) is 3.75. The van der Waals surface area contributed by atoms with Crippen LogP contribution in [0.3, 0.4) is 0 Å². The van der Waals surface area contributed by atoms with Gasteiger partial charge in [0.25, 0.3) is 0 Å². The highest BCUT2D eigenvalue weighted by atomic mass is 16.7. The summed E-state index contributed by atoms with van der Waals surface area (Å²) in [6.07, 6.45) is 12.5. The van der Waals surface area contributed by atoms with Gasteiger partial charge in [0.1, 0.15) is 0 Å². The van der Waals surface area contributed by atoms with Crippen LogP contribution in [0, 0.1) is 5.92 Å². The Labute approximate surface area is 128 Å². The van der Waals surface area contributed by atoms with Crippen molar-refractivity contribution in [2.75, 3.05) is 13.2 Å². The van der Waals surface area contributed by atoms with Crippen LogP contribution in [0.5, 0.6) is 0 Å². The van der Waals surface area contributed by atoms with E-state index >= 15 is 0 Å². The minimum Gasteiger partial charge on any atom is -0.346 e. The lowest BCUT2D eigenvalue weighted by Gasteiger charge is -2.21. The molecule has 2 aliphatic rings. The zero-order valence-electron chi connectivity index (χ0n) is 13.1. The van der Waals surface area contributed by atoms with Crippen LogP contribution in [0.15, 0.2) is 24.3 Å². The van der Waals surface area contributed by atoms with Crippen LogP contribution in [-0.4, -0.2) is 13.2 Å². The van der Waals surface area contributed by atoms with Gasteiger partial charge in [-0.3, -0.25) is 0 Å². The maximum Gasteiger partial charge on any atom is 0.184 e. The fraction of sp³-hybridized carbons (Fsp3) is 0.684. The fourth-order valence-corrected chi connectivity index (χ4v) is 3.75. The van der Waals surface area contributed by atoms with E-state index in [1.165, 1.54) is 62.5 Å². The predicted molar refractivity (Wildman–Crippen MR) is 85.2 cm³/mol. The molecule has 0 bridgehead atoms. The van der Waals surface area contributed by atoms with E-state index in [4.69, 9.17) is 9.47 Å². The van der Waals surface area contributed by atoms with Gasteiger partial charge in [-0.05, 0) is 24.3 Å². The molecule has 0 unspecified atom stereocenters. The quantitative estimate of drug-likeness (QED) is 0.684. The minimum absolute atomic E-state index is 0.125. The van der Waals surface area contributed by atoms with Crippen molar-refractivity contribution in [2.45, 2.75) is 64.1 Å². The average Bonchev–Trinajstić information content (AvgIpc) is 3.07. The van der Waals surface area contributed by atoms with Crippen LogP contribution in [-0.2, 0) is 15.9 Å². The third-order valence-electron chi connectivity index (χ3n) is 4.96. The van der Waals surface area contributed by atoms with Gasteiger partial charge in [0.05, 0.1) is 13.2 Å². The van der Waals surface area contributed by atoms with Crippen molar-refractivity contribution in [2.24, 2.45) is 5.92 Å². The van der Waals surface area contributed by atoms with Gasteiger partial charge in [0, 0.05) is 5.56 Å². The second kappa shape index (κ2) is 7.95. The van der Waals surface area contributed by atoms with Gasteiger partial charge in [0.2, 0.25) is 0 Å². The molecule has 2 fully saturated rings. The normalized spacial score (nSPS) is 21.0. The summed E-state index contributed by atoms with van der Waals surface area (Å²) in [6.45, 7) is 1.45. The highest BCUT2D eigenvalue weighted by Crippen LogP contribution is 2.29. The summed E-state index contributed by atoms with van der Waals surface area (Å²) in [7, 11) is 0. The number of aryl methyl sites for hydroxylation is 1. The first-order valence-corrected chi connectivity index (χ1v) is 8.74. The van der Waals surface area contributed by atoms with E-state index in [1.807, 2.05) is 0 Å². The Morgan fingerprint density at radius 2 is 1.67 bits per heavy atom. The predicted octanol–water partition coefficient (Wildman–Crippen LogP) is 5.03. The Morgan fingerprint density at radius 1 is 0.905 bits per heavy atom. The topological polar surface area (TPSA) is 18.5 Å². The third-order valence-corrected chi connectivity index (χ3v) is 4.96. The summed E-state index contributed by atoms with van der Waals surface area (Å²) in [6, 6.07) is 8.62.